The van der Waals surface area contributed by atoms with Crippen LogP contribution in [-0.4, -0.2) is 12.2 Å². The quantitative estimate of drug-likeness (QED) is 0.897. The van der Waals surface area contributed by atoms with Crippen LogP contribution in [0.5, 0.6) is 5.75 Å². The van der Waals surface area contributed by atoms with Crippen molar-refractivity contribution in [1.82, 2.24) is 0 Å². The summed E-state index contributed by atoms with van der Waals surface area (Å²) in [5.74, 6) is -0.0333. The summed E-state index contributed by atoms with van der Waals surface area (Å²) in [7, 11) is 1.48. The minimum Gasteiger partial charge on any atom is -0.496 e. The number of hydrogen-bond acceptors (Lipinski definition) is 2. The minimum absolute atomic E-state index is 0.162. The smallest absolute Gasteiger partial charge is 0.129 e. The zero-order valence-electron chi connectivity index (χ0n) is 10.0. The van der Waals surface area contributed by atoms with Crippen molar-refractivity contribution in [2.75, 3.05) is 7.11 Å². The molecule has 0 fully saturated rings. The highest BCUT2D eigenvalue weighted by Gasteiger charge is 2.19. The number of hydrogen-bond donors (Lipinski definition) is 1. The van der Waals surface area contributed by atoms with Gasteiger partial charge in [0.2, 0.25) is 0 Å². The van der Waals surface area contributed by atoms with Crippen LogP contribution in [0.2, 0.25) is 5.02 Å². The summed E-state index contributed by atoms with van der Waals surface area (Å²) in [6.07, 6.45) is -1.15. The third-order valence-electron chi connectivity index (χ3n) is 2.74. The van der Waals surface area contributed by atoms with Crippen molar-refractivity contribution in [3.8, 4) is 5.75 Å². The van der Waals surface area contributed by atoms with E-state index < -0.39 is 11.9 Å². The second-order valence-electron chi connectivity index (χ2n) is 3.95. The van der Waals surface area contributed by atoms with Crippen LogP contribution >= 0.6 is 27.5 Å². The maximum Gasteiger partial charge on any atom is 0.129 e. The number of aliphatic hydroxyl groups is 1. The molecule has 0 heterocycles. The summed E-state index contributed by atoms with van der Waals surface area (Å²) in [5.41, 5.74) is 0.585. The normalized spacial score (nSPS) is 12.3. The van der Waals surface area contributed by atoms with Gasteiger partial charge in [-0.2, -0.15) is 0 Å². The first kappa shape index (κ1) is 14.3. The highest BCUT2D eigenvalue weighted by atomic mass is 79.9. The molecule has 0 saturated heterocycles. The van der Waals surface area contributed by atoms with Crippen LogP contribution in [0, 0.1) is 5.82 Å². The van der Waals surface area contributed by atoms with Gasteiger partial charge < -0.3 is 9.84 Å². The summed E-state index contributed by atoms with van der Waals surface area (Å²) in [5, 5.41) is 10.8. The van der Waals surface area contributed by atoms with Crippen LogP contribution in [-0.2, 0) is 0 Å². The standard InChI is InChI=1S/C14H11BrClFO2/c1-19-13-5-3-9(16)7-11(13)14(18)10-6-8(15)2-4-12(10)17/h2-7,14,18H,1H3. The molecule has 0 aliphatic rings. The van der Waals surface area contributed by atoms with Gasteiger partial charge in [0, 0.05) is 20.6 Å². The van der Waals surface area contributed by atoms with Crippen molar-refractivity contribution in [3.05, 3.63) is 62.8 Å². The van der Waals surface area contributed by atoms with Crippen molar-refractivity contribution in [1.29, 1.82) is 0 Å². The number of aliphatic hydroxyl groups excluding tert-OH is 1. The van der Waals surface area contributed by atoms with E-state index in [1.165, 1.54) is 19.2 Å². The average Bonchev–Trinajstić information content (AvgIpc) is 2.40. The molecule has 0 aromatic heterocycles. The van der Waals surface area contributed by atoms with Crippen LogP contribution < -0.4 is 4.74 Å². The molecule has 1 atom stereocenters. The lowest BCUT2D eigenvalue weighted by Crippen LogP contribution is -2.05. The Morgan fingerprint density at radius 1 is 1.21 bits per heavy atom. The first-order chi connectivity index (χ1) is 9.02. The molecule has 0 aliphatic heterocycles. The third-order valence-corrected chi connectivity index (χ3v) is 3.47. The van der Waals surface area contributed by atoms with Gasteiger partial charge in [-0.3, -0.25) is 0 Å². The molecular weight excluding hydrogens is 335 g/mol. The molecule has 1 N–H and O–H groups in total. The van der Waals surface area contributed by atoms with E-state index in [9.17, 15) is 9.50 Å². The Hall–Kier alpha value is -1.10. The number of methoxy groups -OCH3 is 1. The maximum atomic E-state index is 13.8. The van der Waals surface area contributed by atoms with Crippen LogP contribution in [0.25, 0.3) is 0 Å². The maximum absolute atomic E-state index is 13.8. The molecule has 5 heteroatoms. The Balaban J connectivity index is 2.51. The molecule has 2 nitrogen and oxygen atoms in total. The SMILES string of the molecule is COc1ccc(Cl)cc1C(O)c1cc(Br)ccc1F. The van der Waals surface area contributed by atoms with Gasteiger partial charge in [0.25, 0.3) is 0 Å². The van der Waals surface area contributed by atoms with Crippen molar-refractivity contribution in [2.45, 2.75) is 6.10 Å². The van der Waals surface area contributed by atoms with Gasteiger partial charge in [0.05, 0.1) is 7.11 Å². The van der Waals surface area contributed by atoms with Gasteiger partial charge in [-0.25, -0.2) is 4.39 Å². The van der Waals surface area contributed by atoms with E-state index in [2.05, 4.69) is 15.9 Å². The lowest BCUT2D eigenvalue weighted by molar-refractivity contribution is 0.209. The third kappa shape index (κ3) is 3.08. The molecule has 19 heavy (non-hydrogen) atoms. The molecule has 0 saturated carbocycles. The molecule has 2 aromatic rings. The van der Waals surface area contributed by atoms with Gasteiger partial charge in [-0.1, -0.05) is 27.5 Å². The Morgan fingerprint density at radius 3 is 2.63 bits per heavy atom. The molecule has 1 unspecified atom stereocenters. The second kappa shape index (κ2) is 5.90. The highest BCUT2D eigenvalue weighted by molar-refractivity contribution is 9.10. The Morgan fingerprint density at radius 2 is 1.95 bits per heavy atom. The number of benzene rings is 2. The fourth-order valence-corrected chi connectivity index (χ4v) is 2.37. The molecule has 100 valence electrons. The first-order valence-corrected chi connectivity index (χ1v) is 6.66. The fourth-order valence-electron chi connectivity index (χ4n) is 1.81. The largest absolute Gasteiger partial charge is 0.496 e. The zero-order chi connectivity index (χ0) is 14.0. The summed E-state index contributed by atoms with van der Waals surface area (Å²) in [6.45, 7) is 0. The second-order valence-corrected chi connectivity index (χ2v) is 5.31. The molecule has 2 aromatic carbocycles. The van der Waals surface area contributed by atoms with Crippen LogP contribution in [0.4, 0.5) is 4.39 Å². The van der Waals surface area contributed by atoms with E-state index in [0.717, 1.165) is 0 Å². The van der Waals surface area contributed by atoms with E-state index in [1.807, 2.05) is 0 Å². The molecule has 0 spiro atoms. The lowest BCUT2D eigenvalue weighted by Gasteiger charge is -2.16. The van der Waals surface area contributed by atoms with Crippen molar-refractivity contribution in [2.24, 2.45) is 0 Å². The Bertz CT molecular complexity index is 604. The number of rotatable bonds is 3. The van der Waals surface area contributed by atoms with E-state index in [-0.39, 0.29) is 5.56 Å². The molecule has 0 radical (unpaired) electrons. The molecular formula is C14H11BrClFO2. The number of halogens is 3. The van der Waals surface area contributed by atoms with Crippen LogP contribution in [0.3, 0.4) is 0 Å². The monoisotopic (exact) mass is 344 g/mol. The topological polar surface area (TPSA) is 29.5 Å². The Labute approximate surface area is 123 Å². The van der Waals surface area contributed by atoms with Crippen molar-refractivity contribution < 1.29 is 14.2 Å². The predicted molar refractivity (Wildman–Crippen MR) is 76.2 cm³/mol. The van der Waals surface area contributed by atoms with Gasteiger partial charge in [0.15, 0.2) is 0 Å². The summed E-state index contributed by atoms with van der Waals surface area (Å²) < 4.78 is 19.6. The highest BCUT2D eigenvalue weighted by Crippen LogP contribution is 2.34. The predicted octanol–water partition coefficient (Wildman–Crippen LogP) is 4.33. The first-order valence-electron chi connectivity index (χ1n) is 5.49. The van der Waals surface area contributed by atoms with Gasteiger partial charge in [-0.15, -0.1) is 0 Å². The minimum atomic E-state index is -1.15. The fraction of sp³-hybridized carbons (Fsp3) is 0.143. The Kier molecular flexibility index (Phi) is 4.45. The van der Waals surface area contributed by atoms with Crippen molar-refractivity contribution >= 4 is 27.5 Å². The summed E-state index contributed by atoms with van der Waals surface area (Å²) >= 11 is 9.16. The zero-order valence-corrected chi connectivity index (χ0v) is 12.4. The average molecular weight is 346 g/mol. The van der Waals surface area contributed by atoms with Gasteiger partial charge in [0.1, 0.15) is 17.7 Å². The van der Waals surface area contributed by atoms with E-state index in [4.69, 9.17) is 16.3 Å². The van der Waals surface area contributed by atoms with Crippen molar-refractivity contribution in [3.63, 3.8) is 0 Å². The van der Waals surface area contributed by atoms with Crippen LogP contribution in [0.15, 0.2) is 40.9 Å². The van der Waals surface area contributed by atoms with Gasteiger partial charge >= 0.3 is 0 Å². The van der Waals surface area contributed by atoms with E-state index in [0.29, 0.717) is 20.8 Å². The van der Waals surface area contributed by atoms with Crippen LogP contribution in [0.1, 0.15) is 17.2 Å². The van der Waals surface area contributed by atoms with E-state index >= 15 is 0 Å². The van der Waals surface area contributed by atoms with E-state index in [1.54, 1.807) is 24.3 Å². The molecule has 2 rings (SSSR count). The molecule has 0 amide bonds. The molecule has 0 aliphatic carbocycles. The summed E-state index contributed by atoms with van der Waals surface area (Å²) in [4.78, 5) is 0. The van der Waals surface area contributed by atoms with Gasteiger partial charge in [-0.05, 0) is 36.4 Å². The number of ether oxygens (including phenoxy) is 1. The lowest BCUT2D eigenvalue weighted by atomic mass is 10.0. The summed E-state index contributed by atoms with van der Waals surface area (Å²) in [6, 6.07) is 9.23. The molecule has 0 bridgehead atoms.